The molecule has 0 bridgehead atoms. The summed E-state index contributed by atoms with van der Waals surface area (Å²) in [5, 5.41) is 8.98. The molecule has 0 aromatic carbocycles. The Morgan fingerprint density at radius 2 is 2.10 bits per heavy atom. The molecule has 0 spiro atoms. The lowest BCUT2D eigenvalue weighted by molar-refractivity contribution is -0.162. The number of esters is 1. The van der Waals surface area contributed by atoms with E-state index in [-0.39, 0.29) is 31.7 Å². The van der Waals surface area contributed by atoms with Crippen LogP contribution in [0.1, 0.15) is 46.0 Å². The first-order valence-corrected chi connectivity index (χ1v) is 6.87. The molecule has 0 aromatic heterocycles. The van der Waals surface area contributed by atoms with Gasteiger partial charge >= 0.3 is 11.9 Å². The first-order chi connectivity index (χ1) is 9.48. The van der Waals surface area contributed by atoms with E-state index in [1.165, 1.54) is 0 Å². The Hall–Kier alpha value is -1.83. The van der Waals surface area contributed by atoms with E-state index in [4.69, 9.17) is 9.84 Å². The van der Waals surface area contributed by atoms with Crippen molar-refractivity contribution in [3.8, 4) is 11.8 Å². The van der Waals surface area contributed by atoms with E-state index in [9.17, 15) is 14.4 Å². The lowest BCUT2D eigenvalue weighted by Crippen LogP contribution is -2.42. The number of ether oxygens (including phenoxy) is 1. The summed E-state index contributed by atoms with van der Waals surface area (Å²) < 4.78 is 5.02. The Kier molecular flexibility index (Phi) is 5.75. The molecule has 0 aliphatic heterocycles. The summed E-state index contributed by atoms with van der Waals surface area (Å²) in [5.74, 6) is 3.25. The Bertz CT molecular complexity index is 457. The maximum Gasteiger partial charge on any atom is 0.320 e. The number of carboxylic acid groups (broad SMARTS) is 1. The third-order valence-corrected chi connectivity index (χ3v) is 3.64. The maximum absolute atomic E-state index is 12.3. The molecule has 0 aromatic rings. The van der Waals surface area contributed by atoms with Crippen LogP contribution in [0.5, 0.6) is 0 Å². The SMILES string of the molecule is CCC#CCC1(C(=O)OCC)C(=O)CCC1CC(=O)O. The van der Waals surface area contributed by atoms with Crippen molar-refractivity contribution in [1.82, 2.24) is 0 Å². The molecule has 5 heteroatoms. The monoisotopic (exact) mass is 280 g/mol. The zero-order chi connectivity index (χ0) is 15.2. The lowest BCUT2D eigenvalue weighted by atomic mass is 9.73. The molecule has 0 radical (unpaired) electrons. The van der Waals surface area contributed by atoms with E-state index >= 15 is 0 Å². The minimum Gasteiger partial charge on any atom is -0.481 e. The smallest absolute Gasteiger partial charge is 0.320 e. The molecule has 20 heavy (non-hydrogen) atoms. The first kappa shape index (κ1) is 16.2. The molecular formula is C15H20O5. The number of carboxylic acids is 1. The molecule has 1 rings (SSSR count). The van der Waals surface area contributed by atoms with E-state index in [2.05, 4.69) is 11.8 Å². The van der Waals surface area contributed by atoms with Crippen LogP contribution in [0.3, 0.4) is 0 Å². The normalized spacial score (nSPS) is 24.9. The largest absolute Gasteiger partial charge is 0.481 e. The van der Waals surface area contributed by atoms with Crippen LogP contribution in [-0.2, 0) is 19.1 Å². The molecule has 1 fully saturated rings. The second-order valence-electron chi connectivity index (χ2n) is 4.83. The van der Waals surface area contributed by atoms with Crippen molar-refractivity contribution in [3.63, 3.8) is 0 Å². The average Bonchev–Trinajstić information content (AvgIpc) is 2.68. The van der Waals surface area contributed by atoms with E-state index in [1.807, 2.05) is 6.92 Å². The molecule has 0 amide bonds. The second-order valence-corrected chi connectivity index (χ2v) is 4.83. The molecule has 2 unspecified atom stereocenters. The Morgan fingerprint density at radius 3 is 2.65 bits per heavy atom. The van der Waals surface area contributed by atoms with Gasteiger partial charge in [-0.1, -0.05) is 6.92 Å². The third-order valence-electron chi connectivity index (χ3n) is 3.64. The van der Waals surface area contributed by atoms with Crippen molar-refractivity contribution in [1.29, 1.82) is 0 Å². The van der Waals surface area contributed by atoms with Crippen LogP contribution in [0, 0.1) is 23.2 Å². The Morgan fingerprint density at radius 1 is 1.40 bits per heavy atom. The summed E-state index contributed by atoms with van der Waals surface area (Å²) >= 11 is 0. The van der Waals surface area contributed by atoms with E-state index in [0.29, 0.717) is 12.8 Å². The fourth-order valence-electron chi connectivity index (χ4n) is 2.67. The van der Waals surface area contributed by atoms with Gasteiger partial charge in [0.25, 0.3) is 0 Å². The fraction of sp³-hybridized carbons (Fsp3) is 0.667. The summed E-state index contributed by atoms with van der Waals surface area (Å²) in [6.07, 6.45) is 1.08. The van der Waals surface area contributed by atoms with Gasteiger partial charge in [0, 0.05) is 25.7 Å². The molecule has 0 saturated heterocycles. The third kappa shape index (κ3) is 3.19. The van der Waals surface area contributed by atoms with Crippen LogP contribution in [0.2, 0.25) is 0 Å². The molecule has 1 N–H and O–H groups in total. The molecule has 0 heterocycles. The van der Waals surface area contributed by atoms with Crippen LogP contribution in [-0.4, -0.2) is 29.4 Å². The van der Waals surface area contributed by atoms with Crippen molar-refractivity contribution >= 4 is 17.7 Å². The number of carbonyl (C=O) groups excluding carboxylic acids is 2. The van der Waals surface area contributed by atoms with E-state index in [0.717, 1.165) is 0 Å². The highest BCUT2D eigenvalue weighted by molar-refractivity contribution is 6.06. The number of Topliss-reactive ketones (excluding diaryl/α,β-unsaturated/α-hetero) is 1. The predicted octanol–water partition coefficient (Wildman–Crippen LogP) is 1.79. The van der Waals surface area contributed by atoms with Crippen molar-refractivity contribution < 1.29 is 24.2 Å². The van der Waals surface area contributed by atoms with Gasteiger partial charge in [0.2, 0.25) is 0 Å². The van der Waals surface area contributed by atoms with Crippen molar-refractivity contribution in [2.45, 2.75) is 46.0 Å². The van der Waals surface area contributed by atoms with E-state index < -0.39 is 23.3 Å². The molecule has 5 nitrogen and oxygen atoms in total. The van der Waals surface area contributed by atoms with Gasteiger partial charge in [-0.05, 0) is 19.3 Å². The van der Waals surface area contributed by atoms with E-state index in [1.54, 1.807) is 6.92 Å². The molecule has 110 valence electrons. The van der Waals surface area contributed by atoms with Crippen molar-refractivity contribution in [2.24, 2.45) is 11.3 Å². The van der Waals surface area contributed by atoms with Gasteiger partial charge in [0.15, 0.2) is 5.78 Å². The van der Waals surface area contributed by atoms with Crippen molar-refractivity contribution in [2.75, 3.05) is 6.61 Å². The molecule has 1 aliphatic carbocycles. The standard InChI is InChI=1S/C15H20O5/c1-3-5-6-9-15(14(19)20-4-2)11(10-13(17)18)7-8-12(15)16/h11H,3-4,7-10H2,1-2H3,(H,17,18). The van der Waals surface area contributed by atoms with Gasteiger partial charge in [-0.15, -0.1) is 11.8 Å². The van der Waals surface area contributed by atoms with Gasteiger partial charge in [-0.3, -0.25) is 14.4 Å². The minimum atomic E-state index is -1.39. The summed E-state index contributed by atoms with van der Waals surface area (Å²) in [4.78, 5) is 35.5. The van der Waals surface area contributed by atoms with Gasteiger partial charge in [0.05, 0.1) is 6.61 Å². The quantitative estimate of drug-likeness (QED) is 0.472. The van der Waals surface area contributed by atoms with Crippen LogP contribution >= 0.6 is 0 Å². The summed E-state index contributed by atoms with van der Waals surface area (Å²) in [6.45, 7) is 3.69. The average molecular weight is 280 g/mol. The summed E-state index contributed by atoms with van der Waals surface area (Å²) in [7, 11) is 0. The topological polar surface area (TPSA) is 80.7 Å². The molecular weight excluding hydrogens is 260 g/mol. The summed E-state index contributed by atoms with van der Waals surface area (Å²) in [5.41, 5.74) is -1.39. The number of hydrogen-bond acceptors (Lipinski definition) is 4. The number of carbonyl (C=O) groups is 3. The Balaban J connectivity index is 3.13. The van der Waals surface area contributed by atoms with Gasteiger partial charge in [0.1, 0.15) is 5.41 Å². The zero-order valence-electron chi connectivity index (χ0n) is 11.9. The van der Waals surface area contributed by atoms with Crippen LogP contribution in [0.4, 0.5) is 0 Å². The van der Waals surface area contributed by atoms with Crippen molar-refractivity contribution in [3.05, 3.63) is 0 Å². The number of aliphatic carboxylic acids is 1. The van der Waals surface area contributed by atoms with Crippen LogP contribution in [0.25, 0.3) is 0 Å². The molecule has 1 saturated carbocycles. The second kappa shape index (κ2) is 7.09. The minimum absolute atomic E-state index is 0.0520. The number of ketones is 1. The maximum atomic E-state index is 12.3. The highest BCUT2D eigenvalue weighted by Crippen LogP contribution is 2.46. The number of hydrogen-bond donors (Lipinski definition) is 1. The Labute approximate surface area is 118 Å². The molecule has 1 aliphatic rings. The lowest BCUT2D eigenvalue weighted by Gasteiger charge is -2.29. The highest BCUT2D eigenvalue weighted by atomic mass is 16.5. The fourth-order valence-corrected chi connectivity index (χ4v) is 2.67. The van der Waals surface area contributed by atoms with Gasteiger partial charge in [-0.25, -0.2) is 0 Å². The number of rotatable bonds is 5. The highest BCUT2D eigenvalue weighted by Gasteiger charge is 2.56. The van der Waals surface area contributed by atoms with Crippen LogP contribution < -0.4 is 0 Å². The summed E-state index contributed by atoms with van der Waals surface area (Å²) in [6, 6.07) is 0. The predicted molar refractivity (Wildman–Crippen MR) is 71.7 cm³/mol. The first-order valence-electron chi connectivity index (χ1n) is 6.87. The zero-order valence-corrected chi connectivity index (χ0v) is 11.9. The van der Waals surface area contributed by atoms with Crippen LogP contribution in [0.15, 0.2) is 0 Å². The van der Waals surface area contributed by atoms with Gasteiger partial charge in [-0.2, -0.15) is 0 Å². The van der Waals surface area contributed by atoms with Gasteiger partial charge < -0.3 is 9.84 Å². The molecule has 2 atom stereocenters.